The van der Waals surface area contributed by atoms with Crippen LogP contribution >= 0.6 is 0 Å². The van der Waals surface area contributed by atoms with Crippen molar-refractivity contribution in [2.75, 3.05) is 33.0 Å². The van der Waals surface area contributed by atoms with E-state index in [1.165, 1.54) is 7.11 Å². The fourth-order valence-corrected chi connectivity index (χ4v) is 2.77. The van der Waals surface area contributed by atoms with Gasteiger partial charge in [0, 0.05) is 13.5 Å². The summed E-state index contributed by atoms with van der Waals surface area (Å²) in [5.74, 6) is -0.167. The Balaban J connectivity index is 4.88. The smallest absolute Gasteiger partial charge is 0.264 e. The second-order valence-corrected chi connectivity index (χ2v) is 8.18. The molecule has 0 aliphatic carbocycles. The van der Waals surface area contributed by atoms with Gasteiger partial charge in [-0.25, -0.2) is 0 Å². The fraction of sp³-hybridized carbons (Fsp3) is 1.00. The molecule has 128 valence electrons. The van der Waals surface area contributed by atoms with Crippen molar-refractivity contribution in [3.8, 4) is 0 Å². The van der Waals surface area contributed by atoms with Gasteiger partial charge in [0.1, 0.15) is 12.9 Å². The summed E-state index contributed by atoms with van der Waals surface area (Å²) in [6, 6.07) is 0. The van der Waals surface area contributed by atoms with Crippen LogP contribution in [0.15, 0.2) is 0 Å². The lowest BCUT2D eigenvalue weighted by molar-refractivity contribution is -0.118. The lowest BCUT2D eigenvalue weighted by Crippen LogP contribution is -2.38. The molecule has 0 bridgehead atoms. The van der Waals surface area contributed by atoms with Gasteiger partial charge in [0.15, 0.2) is 0 Å². The van der Waals surface area contributed by atoms with Gasteiger partial charge in [0.25, 0.3) is 20.2 Å². The first-order valence-corrected chi connectivity index (χ1v) is 9.92. The van der Waals surface area contributed by atoms with E-state index in [1.807, 2.05) is 0 Å². The minimum atomic E-state index is -3.67. The summed E-state index contributed by atoms with van der Waals surface area (Å²) in [6.45, 7) is 3.34. The SMILES string of the molecule is COCO[C@H](CCOS(C)(=O)=O)[C@H](OS(C)(=O)=O)C(C)C. The molecule has 8 nitrogen and oxygen atoms in total. The quantitative estimate of drug-likeness (QED) is 0.389. The molecule has 0 fully saturated rings. The summed E-state index contributed by atoms with van der Waals surface area (Å²) < 4.78 is 64.4. The molecule has 0 heterocycles. The van der Waals surface area contributed by atoms with Crippen molar-refractivity contribution < 1.29 is 34.7 Å². The van der Waals surface area contributed by atoms with Crippen LogP contribution in [0.3, 0.4) is 0 Å². The first kappa shape index (κ1) is 20.7. The molecule has 0 aromatic rings. The molecule has 21 heavy (non-hydrogen) atoms. The van der Waals surface area contributed by atoms with E-state index in [9.17, 15) is 16.8 Å². The Morgan fingerprint density at radius 2 is 1.57 bits per heavy atom. The molecule has 0 aliphatic rings. The van der Waals surface area contributed by atoms with Crippen molar-refractivity contribution in [2.24, 2.45) is 5.92 Å². The Morgan fingerprint density at radius 3 is 1.95 bits per heavy atom. The van der Waals surface area contributed by atoms with Crippen LogP contribution in [0.5, 0.6) is 0 Å². The van der Waals surface area contributed by atoms with Gasteiger partial charge in [-0.15, -0.1) is 0 Å². The maximum absolute atomic E-state index is 11.3. The third-order valence-electron chi connectivity index (χ3n) is 2.41. The number of ether oxygens (including phenoxy) is 2. The van der Waals surface area contributed by atoms with Crippen LogP contribution in [-0.2, 0) is 38.1 Å². The highest BCUT2D eigenvalue weighted by molar-refractivity contribution is 7.86. The monoisotopic (exact) mass is 348 g/mol. The van der Waals surface area contributed by atoms with Crippen LogP contribution < -0.4 is 0 Å². The third-order valence-corrected chi connectivity index (χ3v) is 3.58. The highest BCUT2D eigenvalue weighted by atomic mass is 32.2. The zero-order valence-electron chi connectivity index (χ0n) is 12.9. The van der Waals surface area contributed by atoms with Crippen molar-refractivity contribution in [1.82, 2.24) is 0 Å². The van der Waals surface area contributed by atoms with Crippen molar-refractivity contribution in [2.45, 2.75) is 32.5 Å². The Kier molecular flexibility index (Phi) is 8.90. The van der Waals surface area contributed by atoms with E-state index in [-0.39, 0.29) is 25.7 Å². The van der Waals surface area contributed by atoms with Crippen molar-refractivity contribution in [3.63, 3.8) is 0 Å². The molecular formula is C11H24O8S2. The molecule has 0 aliphatic heterocycles. The Morgan fingerprint density at radius 1 is 1.00 bits per heavy atom. The van der Waals surface area contributed by atoms with Gasteiger partial charge in [-0.2, -0.15) is 16.8 Å². The van der Waals surface area contributed by atoms with Crippen LogP contribution in [0.1, 0.15) is 20.3 Å². The van der Waals surface area contributed by atoms with Crippen LogP contribution in [0.2, 0.25) is 0 Å². The summed E-state index contributed by atoms with van der Waals surface area (Å²) in [4.78, 5) is 0. The first-order chi connectivity index (χ1) is 9.46. The first-order valence-electron chi connectivity index (χ1n) is 6.29. The number of rotatable bonds is 11. The van der Waals surface area contributed by atoms with Crippen LogP contribution in [0, 0.1) is 5.92 Å². The maximum atomic E-state index is 11.3. The highest BCUT2D eigenvalue weighted by Gasteiger charge is 2.30. The third kappa shape index (κ3) is 11.0. The standard InChI is InChI=1S/C11H24O8S2/c1-9(2)11(19-21(5,14)15)10(17-8-16-3)6-7-18-20(4,12)13/h9-11H,6-8H2,1-5H3/t10-,11-/m1/s1. The molecule has 10 heteroatoms. The van der Waals surface area contributed by atoms with Crippen molar-refractivity contribution >= 4 is 20.2 Å². The van der Waals surface area contributed by atoms with E-state index in [4.69, 9.17) is 13.7 Å². The maximum Gasteiger partial charge on any atom is 0.264 e. The highest BCUT2D eigenvalue weighted by Crippen LogP contribution is 2.19. The minimum absolute atomic E-state index is 0.0696. The summed E-state index contributed by atoms with van der Waals surface area (Å²) in [5.41, 5.74) is 0. The second kappa shape index (κ2) is 9.01. The molecule has 0 saturated heterocycles. The summed E-state index contributed by atoms with van der Waals surface area (Å²) in [7, 11) is -5.82. The van der Waals surface area contributed by atoms with Gasteiger partial charge >= 0.3 is 0 Å². The normalized spacial score (nSPS) is 16.1. The zero-order valence-corrected chi connectivity index (χ0v) is 14.6. The molecule has 2 atom stereocenters. The van der Waals surface area contributed by atoms with E-state index in [0.717, 1.165) is 12.5 Å². The topological polar surface area (TPSA) is 105 Å². The fourth-order valence-electron chi connectivity index (χ4n) is 1.62. The number of methoxy groups -OCH3 is 1. The predicted molar refractivity (Wildman–Crippen MR) is 76.7 cm³/mol. The molecule has 0 rings (SSSR count). The second-order valence-electron chi connectivity index (χ2n) is 4.94. The summed E-state index contributed by atoms with van der Waals surface area (Å²) in [5, 5.41) is 0. The molecule has 0 aromatic heterocycles. The summed E-state index contributed by atoms with van der Waals surface area (Å²) >= 11 is 0. The van der Waals surface area contributed by atoms with E-state index in [1.54, 1.807) is 13.8 Å². The van der Waals surface area contributed by atoms with Crippen LogP contribution in [0.25, 0.3) is 0 Å². The van der Waals surface area contributed by atoms with E-state index in [0.29, 0.717) is 0 Å². The molecule has 0 radical (unpaired) electrons. The summed E-state index contributed by atoms with van der Waals surface area (Å²) in [6.07, 6.45) is 0.586. The van der Waals surface area contributed by atoms with E-state index < -0.39 is 32.4 Å². The largest absolute Gasteiger partial charge is 0.359 e. The molecular weight excluding hydrogens is 324 g/mol. The molecule has 0 N–H and O–H groups in total. The van der Waals surface area contributed by atoms with Gasteiger partial charge in [-0.1, -0.05) is 13.8 Å². The van der Waals surface area contributed by atoms with Crippen molar-refractivity contribution in [3.05, 3.63) is 0 Å². The van der Waals surface area contributed by atoms with Gasteiger partial charge < -0.3 is 9.47 Å². The van der Waals surface area contributed by atoms with E-state index >= 15 is 0 Å². The predicted octanol–water partition coefficient (Wildman–Crippen LogP) is 0.343. The minimum Gasteiger partial charge on any atom is -0.359 e. The van der Waals surface area contributed by atoms with Gasteiger partial charge in [0.05, 0.1) is 25.2 Å². The van der Waals surface area contributed by atoms with Gasteiger partial charge in [-0.3, -0.25) is 8.37 Å². The average Bonchev–Trinajstić information content (AvgIpc) is 2.28. The van der Waals surface area contributed by atoms with Crippen LogP contribution in [-0.4, -0.2) is 62.1 Å². The van der Waals surface area contributed by atoms with E-state index in [2.05, 4.69) is 4.18 Å². The van der Waals surface area contributed by atoms with Gasteiger partial charge in [-0.05, 0) is 5.92 Å². The Hall–Kier alpha value is -0.260. The molecule has 0 unspecified atom stereocenters. The number of hydrogen-bond donors (Lipinski definition) is 0. The average molecular weight is 348 g/mol. The molecule has 0 saturated carbocycles. The number of hydrogen-bond acceptors (Lipinski definition) is 8. The van der Waals surface area contributed by atoms with Crippen molar-refractivity contribution in [1.29, 1.82) is 0 Å². The molecule has 0 amide bonds. The van der Waals surface area contributed by atoms with Gasteiger partial charge in [0.2, 0.25) is 0 Å². The molecule has 0 aromatic carbocycles. The van der Waals surface area contributed by atoms with Crippen LogP contribution in [0.4, 0.5) is 0 Å². The zero-order chi connectivity index (χ0) is 16.7. The molecule has 0 spiro atoms. The Bertz CT molecular complexity index is 482. The lowest BCUT2D eigenvalue weighted by atomic mass is 10.00. The lowest BCUT2D eigenvalue weighted by Gasteiger charge is -2.28. The Labute approximate surface area is 127 Å².